The van der Waals surface area contributed by atoms with Gasteiger partial charge in [0.25, 0.3) is 11.8 Å². The van der Waals surface area contributed by atoms with Gasteiger partial charge in [0, 0.05) is 11.4 Å². The fraction of sp³-hybridized carbons (Fsp3) is 0.263. The van der Waals surface area contributed by atoms with Crippen molar-refractivity contribution in [3.63, 3.8) is 0 Å². The van der Waals surface area contributed by atoms with Gasteiger partial charge in [-0.05, 0) is 43.2 Å². The average Bonchev–Trinajstić information content (AvgIpc) is 2.57. The first-order valence-corrected chi connectivity index (χ1v) is 10.2. The van der Waals surface area contributed by atoms with Crippen LogP contribution in [0.1, 0.15) is 11.1 Å². The summed E-state index contributed by atoms with van der Waals surface area (Å²) in [7, 11) is -2.12. The first-order valence-electron chi connectivity index (χ1n) is 8.66. The fourth-order valence-electron chi connectivity index (χ4n) is 2.76. The molecule has 150 valence electrons. The van der Waals surface area contributed by atoms with Gasteiger partial charge in [-0.15, -0.1) is 0 Å². The number of quaternary nitrogens is 1. The summed E-state index contributed by atoms with van der Waals surface area (Å²) in [6, 6.07) is 11.5. The van der Waals surface area contributed by atoms with E-state index in [0.29, 0.717) is 10.6 Å². The molecule has 0 heterocycles. The van der Waals surface area contributed by atoms with Crippen molar-refractivity contribution in [1.82, 2.24) is 0 Å². The number of carbonyl (C=O) groups is 2. The predicted molar refractivity (Wildman–Crippen MR) is 108 cm³/mol. The lowest BCUT2D eigenvalue weighted by Gasteiger charge is -2.15. The summed E-state index contributed by atoms with van der Waals surface area (Å²) < 4.78 is 22.8. The zero-order valence-electron chi connectivity index (χ0n) is 16.1. The molecule has 0 aliphatic carbocycles. The van der Waals surface area contributed by atoms with Crippen molar-refractivity contribution in [3.8, 4) is 0 Å². The van der Waals surface area contributed by atoms with Crippen LogP contribution in [0.4, 0.5) is 11.4 Å². The van der Waals surface area contributed by atoms with Crippen LogP contribution >= 0.6 is 0 Å². The second kappa shape index (κ2) is 8.96. The number of carbonyl (C=O) groups excluding carboxylic acids is 2. The Morgan fingerprint density at radius 3 is 2.07 bits per heavy atom. The van der Waals surface area contributed by atoms with Crippen molar-refractivity contribution in [1.29, 1.82) is 0 Å². The molecule has 2 amide bonds. The van der Waals surface area contributed by atoms with E-state index in [1.54, 1.807) is 13.1 Å². The molecule has 1 unspecified atom stereocenters. The Bertz CT molecular complexity index is 969. The highest BCUT2D eigenvalue weighted by Gasteiger charge is 2.16. The number of likely N-dealkylation sites (N-methyl/N-ethyl adjacent to an activating group) is 1. The first kappa shape index (κ1) is 21.5. The molecule has 0 saturated carbocycles. The highest BCUT2D eigenvalue weighted by atomic mass is 32.2. The van der Waals surface area contributed by atoms with E-state index in [4.69, 9.17) is 5.14 Å². The molecule has 9 heteroatoms. The quantitative estimate of drug-likeness (QED) is 0.519. The zero-order chi connectivity index (χ0) is 20.9. The molecule has 2 rings (SSSR count). The van der Waals surface area contributed by atoms with Crippen LogP contribution in [0.3, 0.4) is 0 Å². The van der Waals surface area contributed by atoms with Gasteiger partial charge in [-0.1, -0.05) is 24.3 Å². The van der Waals surface area contributed by atoms with Gasteiger partial charge in [0.1, 0.15) is 0 Å². The molecular weight excluding hydrogens is 380 g/mol. The van der Waals surface area contributed by atoms with Gasteiger partial charge in [-0.2, -0.15) is 0 Å². The van der Waals surface area contributed by atoms with Crippen molar-refractivity contribution in [2.45, 2.75) is 18.7 Å². The van der Waals surface area contributed by atoms with Gasteiger partial charge in [-0.3, -0.25) is 9.59 Å². The van der Waals surface area contributed by atoms with E-state index in [2.05, 4.69) is 10.6 Å². The second-order valence-electron chi connectivity index (χ2n) is 6.75. The molecule has 2 aromatic carbocycles. The first-order chi connectivity index (χ1) is 13.1. The Morgan fingerprint density at radius 1 is 0.964 bits per heavy atom. The van der Waals surface area contributed by atoms with Crippen LogP contribution in [0, 0.1) is 13.8 Å². The van der Waals surface area contributed by atoms with Crippen LogP contribution in [-0.2, 0) is 19.6 Å². The number of nitrogens with two attached hydrogens (primary N) is 1. The molecule has 28 heavy (non-hydrogen) atoms. The number of rotatable bonds is 7. The lowest BCUT2D eigenvalue weighted by atomic mass is 10.1. The molecule has 0 aliphatic heterocycles. The Morgan fingerprint density at radius 2 is 1.50 bits per heavy atom. The monoisotopic (exact) mass is 405 g/mol. The van der Waals surface area contributed by atoms with E-state index in [9.17, 15) is 18.0 Å². The molecule has 0 fully saturated rings. The van der Waals surface area contributed by atoms with Crippen LogP contribution in [0.15, 0.2) is 47.4 Å². The highest BCUT2D eigenvalue weighted by molar-refractivity contribution is 7.89. The van der Waals surface area contributed by atoms with E-state index in [-0.39, 0.29) is 29.8 Å². The third-order valence-electron chi connectivity index (χ3n) is 4.12. The van der Waals surface area contributed by atoms with Crippen molar-refractivity contribution >= 4 is 33.2 Å². The fourth-order valence-corrected chi connectivity index (χ4v) is 3.32. The molecule has 5 N–H and O–H groups in total. The minimum absolute atomic E-state index is 0.0414. The number of hydrogen-bond donors (Lipinski definition) is 4. The molecule has 0 bridgehead atoms. The summed E-state index contributed by atoms with van der Waals surface area (Å²) >= 11 is 0. The van der Waals surface area contributed by atoms with Crippen molar-refractivity contribution in [2.75, 3.05) is 30.8 Å². The number of sulfonamides is 1. The number of anilines is 2. The standard InChI is InChI=1S/C19H24N4O4S/c1-13-6-4-7-14(2)19(13)22-18(25)12-23(3)11-17(24)21-15-8-5-9-16(10-15)28(20,26)27/h4-10H,11-12H2,1-3H3,(H,21,24)(H,22,25)(H2,20,26,27)/p+1. The van der Waals surface area contributed by atoms with Crippen LogP contribution in [0.2, 0.25) is 0 Å². The summed E-state index contributed by atoms with van der Waals surface area (Å²) in [5.74, 6) is -0.539. The third-order valence-corrected chi connectivity index (χ3v) is 5.03. The summed E-state index contributed by atoms with van der Waals surface area (Å²) in [6.07, 6.45) is 0. The number of para-hydroxylation sites is 1. The van der Waals surface area contributed by atoms with Crippen molar-refractivity contribution in [3.05, 3.63) is 53.6 Å². The van der Waals surface area contributed by atoms with Gasteiger partial charge in [0.15, 0.2) is 13.1 Å². The normalized spacial score (nSPS) is 12.3. The maximum Gasteiger partial charge on any atom is 0.279 e. The van der Waals surface area contributed by atoms with Crippen LogP contribution in [0.5, 0.6) is 0 Å². The molecule has 0 spiro atoms. The van der Waals surface area contributed by atoms with Gasteiger partial charge in [0.05, 0.1) is 11.9 Å². The summed E-state index contributed by atoms with van der Waals surface area (Å²) in [5, 5.41) is 10.6. The molecular formula is C19H25N4O4S+. The summed E-state index contributed by atoms with van der Waals surface area (Å²) in [4.78, 5) is 25.1. The summed E-state index contributed by atoms with van der Waals surface area (Å²) in [5.41, 5.74) is 3.05. The van der Waals surface area contributed by atoms with Gasteiger partial charge >= 0.3 is 0 Å². The minimum atomic E-state index is -3.85. The number of primary sulfonamides is 1. The maximum absolute atomic E-state index is 12.3. The van der Waals surface area contributed by atoms with Crippen LogP contribution < -0.4 is 20.7 Å². The molecule has 2 aromatic rings. The van der Waals surface area contributed by atoms with E-state index < -0.39 is 10.0 Å². The van der Waals surface area contributed by atoms with Gasteiger partial charge in [0.2, 0.25) is 10.0 Å². The van der Waals surface area contributed by atoms with Crippen LogP contribution in [-0.4, -0.2) is 40.4 Å². The van der Waals surface area contributed by atoms with E-state index in [0.717, 1.165) is 16.8 Å². The molecule has 0 aromatic heterocycles. The average molecular weight is 406 g/mol. The number of aryl methyl sites for hydroxylation is 2. The maximum atomic E-state index is 12.3. The lowest BCUT2D eigenvalue weighted by Crippen LogP contribution is -3.11. The van der Waals surface area contributed by atoms with Gasteiger partial charge in [-0.25, -0.2) is 13.6 Å². The summed E-state index contributed by atoms with van der Waals surface area (Å²) in [6.45, 7) is 3.99. The molecule has 8 nitrogen and oxygen atoms in total. The Labute approximate surface area is 164 Å². The number of benzene rings is 2. The van der Waals surface area contributed by atoms with Gasteiger partial charge < -0.3 is 15.5 Å². The van der Waals surface area contributed by atoms with E-state index >= 15 is 0 Å². The zero-order valence-corrected chi connectivity index (χ0v) is 16.9. The van der Waals surface area contributed by atoms with Crippen molar-refractivity contribution in [2.24, 2.45) is 5.14 Å². The molecule has 0 radical (unpaired) electrons. The lowest BCUT2D eigenvalue weighted by molar-refractivity contribution is -0.862. The Kier molecular flexibility index (Phi) is 6.90. The smallest absolute Gasteiger partial charge is 0.279 e. The number of hydrogen-bond acceptors (Lipinski definition) is 4. The molecule has 0 saturated heterocycles. The molecule has 1 atom stereocenters. The minimum Gasteiger partial charge on any atom is -0.322 e. The highest BCUT2D eigenvalue weighted by Crippen LogP contribution is 2.19. The Balaban J connectivity index is 1.91. The predicted octanol–water partition coefficient (Wildman–Crippen LogP) is 0.0427. The van der Waals surface area contributed by atoms with E-state index in [1.165, 1.54) is 18.2 Å². The second-order valence-corrected chi connectivity index (χ2v) is 8.31. The topological polar surface area (TPSA) is 123 Å². The molecule has 0 aliphatic rings. The van der Waals surface area contributed by atoms with E-state index in [1.807, 2.05) is 32.0 Å². The third kappa shape index (κ3) is 6.15. The van der Waals surface area contributed by atoms with Crippen molar-refractivity contribution < 1.29 is 22.9 Å². The Hall–Kier alpha value is -2.75. The number of nitrogens with one attached hydrogen (secondary N) is 3. The number of amides is 2. The largest absolute Gasteiger partial charge is 0.322 e. The van der Waals surface area contributed by atoms with Crippen LogP contribution in [0.25, 0.3) is 0 Å². The SMILES string of the molecule is Cc1cccc(C)c1NC(=O)C[NH+](C)CC(=O)Nc1cccc(S(N)(=O)=O)c1.